The van der Waals surface area contributed by atoms with Gasteiger partial charge in [-0.3, -0.25) is 0 Å². The molecular formula is C11H19N3. The monoisotopic (exact) mass is 193 g/mol. The molecule has 0 aromatic carbocycles. The molecule has 3 nitrogen and oxygen atoms in total. The summed E-state index contributed by atoms with van der Waals surface area (Å²) in [6, 6.07) is 0.363. The Hall–Kier alpha value is -0.830. The molecule has 0 amide bonds. The maximum absolute atomic E-state index is 6.03. The molecule has 1 fully saturated rings. The van der Waals surface area contributed by atoms with E-state index in [1.807, 2.05) is 6.20 Å². The number of aryl methyl sites for hydroxylation is 1. The van der Waals surface area contributed by atoms with Crippen LogP contribution in [0.3, 0.4) is 0 Å². The Morgan fingerprint density at radius 1 is 1.57 bits per heavy atom. The second-order valence-corrected chi connectivity index (χ2v) is 4.28. The quantitative estimate of drug-likeness (QED) is 0.777. The van der Waals surface area contributed by atoms with E-state index in [2.05, 4.69) is 29.6 Å². The van der Waals surface area contributed by atoms with Crippen LogP contribution < -0.4 is 5.73 Å². The predicted octanol–water partition coefficient (Wildman–Crippen LogP) is 1.74. The molecule has 3 atom stereocenters. The van der Waals surface area contributed by atoms with Crippen LogP contribution in [0.25, 0.3) is 0 Å². The Morgan fingerprint density at radius 3 is 2.93 bits per heavy atom. The van der Waals surface area contributed by atoms with E-state index in [0.717, 1.165) is 13.0 Å². The summed E-state index contributed by atoms with van der Waals surface area (Å²) in [6.07, 6.45) is 6.29. The van der Waals surface area contributed by atoms with Gasteiger partial charge in [0.25, 0.3) is 0 Å². The molecule has 2 N–H and O–H groups in total. The minimum atomic E-state index is 0.363. The zero-order chi connectivity index (χ0) is 10.1. The molecule has 1 saturated carbocycles. The Labute approximate surface area is 85.3 Å². The molecule has 1 aliphatic carbocycles. The molecule has 78 valence electrons. The molecular weight excluding hydrogens is 174 g/mol. The second kappa shape index (κ2) is 3.73. The van der Waals surface area contributed by atoms with Crippen molar-refractivity contribution < 1.29 is 0 Å². The third-order valence-electron chi connectivity index (χ3n) is 3.54. The molecule has 3 heteroatoms. The molecule has 0 radical (unpaired) electrons. The lowest BCUT2D eigenvalue weighted by atomic mass is 9.95. The van der Waals surface area contributed by atoms with Crippen molar-refractivity contribution >= 4 is 0 Å². The van der Waals surface area contributed by atoms with Crippen LogP contribution in [-0.4, -0.2) is 15.6 Å². The van der Waals surface area contributed by atoms with E-state index < -0.39 is 0 Å². The molecule has 1 aliphatic rings. The molecule has 0 saturated heterocycles. The van der Waals surface area contributed by atoms with Crippen LogP contribution in [0.2, 0.25) is 0 Å². The molecule has 0 aliphatic heterocycles. The van der Waals surface area contributed by atoms with Gasteiger partial charge in [0.2, 0.25) is 0 Å². The van der Waals surface area contributed by atoms with Crippen LogP contribution in [0.1, 0.15) is 38.4 Å². The van der Waals surface area contributed by atoms with E-state index in [9.17, 15) is 0 Å². The molecule has 1 aromatic rings. The smallest absolute Gasteiger partial charge is 0.112 e. The summed E-state index contributed by atoms with van der Waals surface area (Å²) in [6.45, 7) is 5.41. The van der Waals surface area contributed by atoms with E-state index >= 15 is 0 Å². The fourth-order valence-electron chi connectivity index (χ4n) is 2.48. The minimum absolute atomic E-state index is 0.363. The van der Waals surface area contributed by atoms with Crippen molar-refractivity contribution in [3.63, 3.8) is 0 Å². The van der Waals surface area contributed by atoms with Crippen molar-refractivity contribution in [1.29, 1.82) is 0 Å². The summed E-state index contributed by atoms with van der Waals surface area (Å²) in [5, 5.41) is 0. The third kappa shape index (κ3) is 1.46. The summed E-state index contributed by atoms with van der Waals surface area (Å²) in [5.74, 6) is 2.37. The largest absolute Gasteiger partial charge is 0.335 e. The fraction of sp³-hybridized carbons (Fsp3) is 0.727. The van der Waals surface area contributed by atoms with Crippen molar-refractivity contribution in [2.24, 2.45) is 11.7 Å². The lowest BCUT2D eigenvalue weighted by Crippen LogP contribution is -2.25. The summed E-state index contributed by atoms with van der Waals surface area (Å²) < 4.78 is 2.24. The number of nitrogens with zero attached hydrogens (tertiary/aromatic N) is 2. The maximum Gasteiger partial charge on any atom is 0.112 e. The lowest BCUT2D eigenvalue weighted by molar-refractivity contribution is 0.451. The molecule has 0 bridgehead atoms. The van der Waals surface area contributed by atoms with Crippen molar-refractivity contribution in [2.45, 2.75) is 45.2 Å². The summed E-state index contributed by atoms with van der Waals surface area (Å²) in [4.78, 5) is 4.46. The first-order valence-corrected chi connectivity index (χ1v) is 5.50. The van der Waals surface area contributed by atoms with Gasteiger partial charge in [0.05, 0.1) is 0 Å². The van der Waals surface area contributed by atoms with Crippen LogP contribution >= 0.6 is 0 Å². The maximum atomic E-state index is 6.03. The van der Waals surface area contributed by atoms with Crippen molar-refractivity contribution in [2.75, 3.05) is 0 Å². The van der Waals surface area contributed by atoms with Crippen molar-refractivity contribution in [3.8, 4) is 0 Å². The van der Waals surface area contributed by atoms with Gasteiger partial charge in [-0.2, -0.15) is 0 Å². The van der Waals surface area contributed by atoms with Crippen LogP contribution in [0, 0.1) is 5.92 Å². The van der Waals surface area contributed by atoms with Crippen molar-refractivity contribution in [3.05, 3.63) is 18.2 Å². The number of rotatable bonds is 2. The second-order valence-electron chi connectivity index (χ2n) is 4.28. The zero-order valence-corrected chi connectivity index (χ0v) is 8.98. The van der Waals surface area contributed by atoms with E-state index in [1.165, 1.54) is 12.2 Å². The minimum Gasteiger partial charge on any atom is -0.335 e. The predicted molar refractivity (Wildman–Crippen MR) is 57.0 cm³/mol. The third-order valence-corrected chi connectivity index (χ3v) is 3.54. The number of hydrogen-bond acceptors (Lipinski definition) is 2. The van der Waals surface area contributed by atoms with E-state index in [-0.39, 0.29) is 0 Å². The van der Waals surface area contributed by atoms with E-state index in [0.29, 0.717) is 17.9 Å². The normalized spacial score (nSPS) is 32.4. The fourth-order valence-corrected chi connectivity index (χ4v) is 2.48. The van der Waals surface area contributed by atoms with Gasteiger partial charge in [-0.05, 0) is 25.7 Å². The van der Waals surface area contributed by atoms with Gasteiger partial charge >= 0.3 is 0 Å². The number of imidazole rings is 1. The first-order chi connectivity index (χ1) is 6.74. The Morgan fingerprint density at radius 2 is 2.36 bits per heavy atom. The van der Waals surface area contributed by atoms with Gasteiger partial charge in [0.1, 0.15) is 5.82 Å². The summed E-state index contributed by atoms with van der Waals surface area (Å²) >= 11 is 0. The average molecular weight is 193 g/mol. The SMILES string of the molecule is CCn1ccnc1C1CCC(N)C1C. The highest BCUT2D eigenvalue weighted by Crippen LogP contribution is 2.37. The standard InChI is InChI=1S/C11H19N3/c1-3-14-7-6-13-11(14)9-4-5-10(12)8(9)2/h6-10H,3-5,12H2,1-2H3. The molecule has 0 spiro atoms. The van der Waals surface area contributed by atoms with Gasteiger partial charge < -0.3 is 10.3 Å². The van der Waals surface area contributed by atoms with Crippen LogP contribution in [0.4, 0.5) is 0 Å². The first kappa shape index (κ1) is 9.71. The highest BCUT2D eigenvalue weighted by atomic mass is 15.1. The number of nitrogens with two attached hydrogens (primary N) is 1. The lowest BCUT2D eigenvalue weighted by Gasteiger charge is -2.18. The Bertz CT molecular complexity index is 305. The topological polar surface area (TPSA) is 43.8 Å². The average Bonchev–Trinajstić information content (AvgIpc) is 2.75. The van der Waals surface area contributed by atoms with Crippen molar-refractivity contribution in [1.82, 2.24) is 9.55 Å². The van der Waals surface area contributed by atoms with E-state index in [4.69, 9.17) is 5.73 Å². The molecule has 14 heavy (non-hydrogen) atoms. The molecule has 3 unspecified atom stereocenters. The van der Waals surface area contributed by atoms with Gasteiger partial charge in [0.15, 0.2) is 0 Å². The van der Waals surface area contributed by atoms with Crippen LogP contribution in [-0.2, 0) is 6.54 Å². The summed E-state index contributed by atoms with van der Waals surface area (Å²) in [5.41, 5.74) is 6.03. The zero-order valence-electron chi connectivity index (χ0n) is 8.98. The first-order valence-electron chi connectivity index (χ1n) is 5.50. The number of aromatic nitrogens is 2. The molecule has 1 heterocycles. The van der Waals surface area contributed by atoms with Gasteiger partial charge in [-0.1, -0.05) is 6.92 Å². The Kier molecular flexibility index (Phi) is 2.59. The van der Waals surface area contributed by atoms with Crippen LogP contribution in [0.5, 0.6) is 0 Å². The Balaban J connectivity index is 2.23. The molecule has 1 aromatic heterocycles. The summed E-state index contributed by atoms with van der Waals surface area (Å²) in [7, 11) is 0. The van der Waals surface area contributed by atoms with Gasteiger partial charge in [0, 0.05) is 30.9 Å². The van der Waals surface area contributed by atoms with Gasteiger partial charge in [-0.25, -0.2) is 4.98 Å². The van der Waals surface area contributed by atoms with Crippen LogP contribution in [0.15, 0.2) is 12.4 Å². The van der Waals surface area contributed by atoms with E-state index in [1.54, 1.807) is 0 Å². The highest BCUT2D eigenvalue weighted by Gasteiger charge is 2.33. The number of hydrogen-bond donors (Lipinski definition) is 1. The highest BCUT2D eigenvalue weighted by molar-refractivity contribution is 5.07. The molecule has 2 rings (SSSR count). The van der Waals surface area contributed by atoms with Gasteiger partial charge in [-0.15, -0.1) is 0 Å².